The molecule has 0 aliphatic rings. The molecule has 0 amide bonds. The summed E-state index contributed by atoms with van der Waals surface area (Å²) >= 11 is 0. The molecule has 1 heterocycles. The molecule has 0 bridgehead atoms. The van der Waals surface area contributed by atoms with E-state index in [0.29, 0.717) is 11.6 Å². The van der Waals surface area contributed by atoms with E-state index in [1.807, 2.05) is 19.2 Å². The lowest BCUT2D eigenvalue weighted by Crippen LogP contribution is -2.26. The number of pyridine rings is 1. The summed E-state index contributed by atoms with van der Waals surface area (Å²) in [5.74, 6) is 0.897. The van der Waals surface area contributed by atoms with Gasteiger partial charge in [0, 0.05) is 19.3 Å². The summed E-state index contributed by atoms with van der Waals surface area (Å²) in [5.41, 5.74) is 0.598. The van der Waals surface area contributed by atoms with Gasteiger partial charge in [-0.05, 0) is 26.0 Å². The van der Waals surface area contributed by atoms with Gasteiger partial charge in [0.2, 0.25) is 0 Å². The van der Waals surface area contributed by atoms with Crippen LogP contribution in [0.25, 0.3) is 0 Å². The lowest BCUT2D eigenvalue weighted by molar-refractivity contribution is 0.743. The van der Waals surface area contributed by atoms with Crippen molar-refractivity contribution in [2.75, 3.05) is 11.9 Å². The first-order chi connectivity index (χ1) is 6.15. The monoisotopic (exact) mass is 175 g/mol. The van der Waals surface area contributed by atoms with Crippen molar-refractivity contribution in [2.45, 2.75) is 19.9 Å². The highest BCUT2D eigenvalue weighted by atomic mass is 15.2. The van der Waals surface area contributed by atoms with Gasteiger partial charge in [-0.3, -0.25) is 0 Å². The molecular formula is C10H13N3. The SMILES string of the molecule is CC(C)N(C)c1ccc(C#N)cn1. The molecule has 0 aliphatic carbocycles. The van der Waals surface area contributed by atoms with E-state index in [4.69, 9.17) is 5.26 Å². The molecule has 1 aromatic heterocycles. The number of nitriles is 1. The van der Waals surface area contributed by atoms with Gasteiger partial charge in [0.25, 0.3) is 0 Å². The average molecular weight is 175 g/mol. The number of aromatic nitrogens is 1. The van der Waals surface area contributed by atoms with Crippen LogP contribution in [0.3, 0.4) is 0 Å². The molecule has 0 aromatic carbocycles. The van der Waals surface area contributed by atoms with Gasteiger partial charge in [-0.15, -0.1) is 0 Å². The second kappa shape index (κ2) is 3.90. The van der Waals surface area contributed by atoms with Crippen molar-refractivity contribution >= 4 is 5.82 Å². The van der Waals surface area contributed by atoms with Crippen molar-refractivity contribution in [2.24, 2.45) is 0 Å². The maximum atomic E-state index is 8.57. The summed E-state index contributed by atoms with van der Waals surface area (Å²) in [7, 11) is 1.99. The van der Waals surface area contributed by atoms with Crippen molar-refractivity contribution in [3.8, 4) is 6.07 Å². The molecule has 0 unspecified atom stereocenters. The molecule has 0 aliphatic heterocycles. The highest BCUT2D eigenvalue weighted by Gasteiger charge is 2.05. The number of anilines is 1. The normalized spacial score (nSPS) is 9.77. The molecule has 3 heteroatoms. The quantitative estimate of drug-likeness (QED) is 0.688. The molecule has 0 saturated heterocycles. The summed E-state index contributed by atoms with van der Waals surface area (Å²) in [5, 5.41) is 8.57. The summed E-state index contributed by atoms with van der Waals surface area (Å²) in [6.45, 7) is 4.19. The Morgan fingerprint density at radius 3 is 2.54 bits per heavy atom. The van der Waals surface area contributed by atoms with Crippen molar-refractivity contribution in [1.29, 1.82) is 5.26 Å². The first-order valence-electron chi connectivity index (χ1n) is 4.24. The van der Waals surface area contributed by atoms with Crippen LogP contribution in [-0.4, -0.2) is 18.1 Å². The second-order valence-electron chi connectivity index (χ2n) is 3.22. The molecular weight excluding hydrogens is 162 g/mol. The third-order valence-corrected chi connectivity index (χ3v) is 2.01. The zero-order chi connectivity index (χ0) is 9.84. The number of nitrogens with zero attached hydrogens (tertiary/aromatic N) is 3. The predicted octanol–water partition coefficient (Wildman–Crippen LogP) is 1.80. The first kappa shape index (κ1) is 9.53. The molecule has 0 saturated carbocycles. The Labute approximate surface area is 78.6 Å². The van der Waals surface area contributed by atoms with E-state index in [2.05, 4.69) is 23.7 Å². The number of rotatable bonds is 2. The van der Waals surface area contributed by atoms with Crippen LogP contribution in [0.15, 0.2) is 18.3 Å². The van der Waals surface area contributed by atoms with E-state index >= 15 is 0 Å². The van der Waals surface area contributed by atoms with Crippen LogP contribution < -0.4 is 4.90 Å². The van der Waals surface area contributed by atoms with Gasteiger partial charge in [0.05, 0.1) is 5.56 Å². The highest BCUT2D eigenvalue weighted by Crippen LogP contribution is 2.11. The van der Waals surface area contributed by atoms with Gasteiger partial charge in [-0.25, -0.2) is 4.98 Å². The fraction of sp³-hybridized carbons (Fsp3) is 0.400. The zero-order valence-corrected chi connectivity index (χ0v) is 8.15. The Morgan fingerprint density at radius 1 is 1.46 bits per heavy atom. The molecule has 68 valence electrons. The van der Waals surface area contributed by atoms with E-state index in [0.717, 1.165) is 5.82 Å². The van der Waals surface area contributed by atoms with Crippen LogP contribution in [-0.2, 0) is 0 Å². The first-order valence-corrected chi connectivity index (χ1v) is 4.24. The maximum absolute atomic E-state index is 8.57. The molecule has 1 rings (SSSR count). The van der Waals surface area contributed by atoms with Crippen molar-refractivity contribution < 1.29 is 0 Å². The molecule has 0 spiro atoms. The van der Waals surface area contributed by atoms with E-state index in [1.165, 1.54) is 0 Å². The van der Waals surface area contributed by atoms with Crippen molar-refractivity contribution in [1.82, 2.24) is 4.98 Å². The van der Waals surface area contributed by atoms with Crippen LogP contribution in [0.4, 0.5) is 5.82 Å². The topological polar surface area (TPSA) is 39.9 Å². The van der Waals surface area contributed by atoms with Gasteiger partial charge in [-0.2, -0.15) is 5.26 Å². The molecule has 0 atom stereocenters. The van der Waals surface area contributed by atoms with Gasteiger partial charge in [0.15, 0.2) is 0 Å². The highest BCUT2D eigenvalue weighted by molar-refractivity contribution is 5.41. The predicted molar refractivity (Wildman–Crippen MR) is 52.5 cm³/mol. The Hall–Kier alpha value is -1.56. The number of hydrogen-bond donors (Lipinski definition) is 0. The van der Waals surface area contributed by atoms with Crippen molar-refractivity contribution in [3.63, 3.8) is 0 Å². The van der Waals surface area contributed by atoms with E-state index in [-0.39, 0.29) is 0 Å². The average Bonchev–Trinajstić information content (AvgIpc) is 2.17. The van der Waals surface area contributed by atoms with Gasteiger partial charge in [-0.1, -0.05) is 0 Å². The van der Waals surface area contributed by atoms with Crippen LogP contribution >= 0.6 is 0 Å². The Balaban J connectivity index is 2.87. The molecule has 3 nitrogen and oxygen atoms in total. The lowest BCUT2D eigenvalue weighted by Gasteiger charge is -2.22. The van der Waals surface area contributed by atoms with E-state index in [1.54, 1.807) is 12.3 Å². The van der Waals surface area contributed by atoms with Crippen LogP contribution in [0.1, 0.15) is 19.4 Å². The smallest absolute Gasteiger partial charge is 0.128 e. The van der Waals surface area contributed by atoms with Gasteiger partial charge in [0.1, 0.15) is 11.9 Å². The Kier molecular flexibility index (Phi) is 2.86. The number of hydrogen-bond acceptors (Lipinski definition) is 3. The van der Waals surface area contributed by atoms with Crippen molar-refractivity contribution in [3.05, 3.63) is 23.9 Å². The van der Waals surface area contributed by atoms with Crippen LogP contribution in [0, 0.1) is 11.3 Å². The zero-order valence-electron chi connectivity index (χ0n) is 8.15. The second-order valence-corrected chi connectivity index (χ2v) is 3.22. The molecule has 0 radical (unpaired) electrons. The lowest BCUT2D eigenvalue weighted by atomic mass is 10.3. The fourth-order valence-corrected chi connectivity index (χ4v) is 0.925. The molecule has 0 fully saturated rings. The van der Waals surface area contributed by atoms with E-state index in [9.17, 15) is 0 Å². The third kappa shape index (κ3) is 2.19. The van der Waals surface area contributed by atoms with E-state index < -0.39 is 0 Å². The Morgan fingerprint density at radius 2 is 2.15 bits per heavy atom. The summed E-state index contributed by atoms with van der Waals surface area (Å²) < 4.78 is 0. The minimum atomic E-state index is 0.417. The standard InChI is InChI=1S/C10H13N3/c1-8(2)13(3)10-5-4-9(6-11)7-12-10/h4-5,7-8H,1-3H3. The van der Waals surface area contributed by atoms with Crippen LogP contribution in [0.2, 0.25) is 0 Å². The minimum absolute atomic E-state index is 0.417. The molecule has 13 heavy (non-hydrogen) atoms. The summed E-state index contributed by atoms with van der Waals surface area (Å²) in [6, 6.07) is 6.10. The summed E-state index contributed by atoms with van der Waals surface area (Å²) in [6.07, 6.45) is 1.59. The van der Waals surface area contributed by atoms with Gasteiger partial charge >= 0.3 is 0 Å². The molecule has 0 N–H and O–H groups in total. The Bertz CT molecular complexity index is 308. The maximum Gasteiger partial charge on any atom is 0.128 e. The van der Waals surface area contributed by atoms with Crippen LogP contribution in [0.5, 0.6) is 0 Å². The minimum Gasteiger partial charge on any atom is -0.357 e. The fourth-order valence-electron chi connectivity index (χ4n) is 0.925. The largest absolute Gasteiger partial charge is 0.357 e. The molecule has 1 aromatic rings. The summed E-state index contributed by atoms with van der Waals surface area (Å²) in [4.78, 5) is 6.23. The van der Waals surface area contributed by atoms with Gasteiger partial charge < -0.3 is 4.90 Å². The third-order valence-electron chi connectivity index (χ3n) is 2.01.